The number of azide groups is 1. The molecule has 1 aliphatic rings. The van der Waals surface area contributed by atoms with Crippen molar-refractivity contribution in [3.05, 3.63) is 10.4 Å². The summed E-state index contributed by atoms with van der Waals surface area (Å²) in [4.78, 5) is 4.65. The van der Waals surface area contributed by atoms with Gasteiger partial charge in [0.05, 0.1) is 27.2 Å². The van der Waals surface area contributed by atoms with E-state index in [0.29, 0.717) is 5.96 Å². The van der Waals surface area contributed by atoms with E-state index in [4.69, 9.17) is 5.53 Å². The Morgan fingerprint density at radius 1 is 1.80 bits per heavy atom. The van der Waals surface area contributed by atoms with Crippen LogP contribution in [0.4, 0.5) is 0 Å². The third kappa shape index (κ3) is 1.04. The highest BCUT2D eigenvalue weighted by molar-refractivity contribution is 5.76. The minimum atomic E-state index is 0.711. The lowest BCUT2D eigenvalue weighted by Gasteiger charge is -2.01. The molecule has 0 aromatic carbocycles. The lowest BCUT2D eigenvalue weighted by atomic mass is 10.6. The molecular formula is C5H10N5+. The number of nitrogens with zero attached hydrogens (tertiary/aromatic N) is 5. The summed E-state index contributed by atoms with van der Waals surface area (Å²) in [5.74, 6) is 0.711. The van der Waals surface area contributed by atoms with Gasteiger partial charge in [-0.2, -0.15) is 0 Å². The second-order valence-corrected chi connectivity index (χ2v) is 2.33. The summed E-state index contributed by atoms with van der Waals surface area (Å²) in [5.41, 5.74) is 8.15. The molecule has 0 bridgehead atoms. The molecule has 0 spiro atoms. The maximum atomic E-state index is 8.15. The highest BCUT2D eigenvalue weighted by Gasteiger charge is 2.18. The van der Waals surface area contributed by atoms with Crippen LogP contribution < -0.4 is 0 Å². The standard InChI is InChI=1S/C5H10N5/c1-9-3-4-10(2)5(9)7-8-6/h3-4H2,1-2H3/q+1. The fourth-order valence-electron chi connectivity index (χ4n) is 0.984. The Morgan fingerprint density at radius 3 is 2.90 bits per heavy atom. The first-order valence-corrected chi connectivity index (χ1v) is 3.10. The normalized spacial score (nSPS) is 17.6. The fraction of sp³-hybridized carbons (Fsp3) is 0.800. The van der Waals surface area contributed by atoms with Gasteiger partial charge in [0.15, 0.2) is 0 Å². The van der Waals surface area contributed by atoms with Crippen LogP contribution in [-0.4, -0.2) is 42.6 Å². The van der Waals surface area contributed by atoms with Crippen LogP contribution >= 0.6 is 0 Å². The minimum Gasteiger partial charge on any atom is -0.290 e. The van der Waals surface area contributed by atoms with E-state index in [1.54, 1.807) is 0 Å². The van der Waals surface area contributed by atoms with Crippen LogP contribution in [0, 0.1) is 0 Å². The SMILES string of the molecule is CN1CC[N+](C)=C1N=[N+]=[N-]. The van der Waals surface area contributed by atoms with Gasteiger partial charge in [-0.3, -0.25) is 9.48 Å². The number of likely N-dealkylation sites (N-methyl/N-ethyl adjacent to an activating group) is 2. The van der Waals surface area contributed by atoms with Crippen molar-refractivity contribution < 1.29 is 4.58 Å². The second-order valence-electron chi connectivity index (χ2n) is 2.33. The largest absolute Gasteiger partial charge is 0.290 e. The van der Waals surface area contributed by atoms with E-state index in [1.165, 1.54) is 0 Å². The van der Waals surface area contributed by atoms with Crippen molar-refractivity contribution >= 4 is 5.96 Å². The summed E-state index contributed by atoms with van der Waals surface area (Å²) >= 11 is 0. The zero-order chi connectivity index (χ0) is 7.56. The van der Waals surface area contributed by atoms with Gasteiger partial charge in [0.1, 0.15) is 0 Å². The van der Waals surface area contributed by atoms with Gasteiger partial charge < -0.3 is 0 Å². The van der Waals surface area contributed by atoms with E-state index in [-0.39, 0.29) is 0 Å². The fourth-order valence-corrected chi connectivity index (χ4v) is 0.984. The number of guanidine groups is 1. The maximum Gasteiger partial charge on any atom is 0.282 e. The summed E-state index contributed by atoms with van der Waals surface area (Å²) in [5, 5.41) is 3.53. The molecule has 0 aromatic rings. The van der Waals surface area contributed by atoms with Gasteiger partial charge in [0.2, 0.25) is 0 Å². The predicted molar refractivity (Wildman–Crippen MR) is 37.8 cm³/mol. The van der Waals surface area contributed by atoms with Crippen molar-refractivity contribution in [3.63, 3.8) is 0 Å². The summed E-state index contributed by atoms with van der Waals surface area (Å²) in [6, 6.07) is 0. The van der Waals surface area contributed by atoms with Crippen molar-refractivity contribution in [2.75, 3.05) is 27.2 Å². The predicted octanol–water partition coefficient (Wildman–Crippen LogP) is 0.240. The van der Waals surface area contributed by atoms with E-state index in [2.05, 4.69) is 10.0 Å². The summed E-state index contributed by atoms with van der Waals surface area (Å²) in [6.07, 6.45) is 0. The van der Waals surface area contributed by atoms with Gasteiger partial charge in [0, 0.05) is 10.0 Å². The summed E-state index contributed by atoms with van der Waals surface area (Å²) in [7, 11) is 3.82. The molecule has 0 aromatic heterocycles. The second kappa shape index (κ2) is 2.58. The molecule has 0 fully saturated rings. The van der Waals surface area contributed by atoms with Crippen molar-refractivity contribution in [3.8, 4) is 0 Å². The van der Waals surface area contributed by atoms with Crippen molar-refractivity contribution in [1.82, 2.24) is 4.90 Å². The van der Waals surface area contributed by atoms with E-state index in [0.717, 1.165) is 13.1 Å². The van der Waals surface area contributed by atoms with Crippen LogP contribution in [0.2, 0.25) is 0 Å². The molecule has 0 saturated heterocycles. The van der Waals surface area contributed by atoms with E-state index in [1.807, 2.05) is 23.6 Å². The lowest BCUT2D eigenvalue weighted by Crippen LogP contribution is -2.21. The third-order valence-corrected chi connectivity index (χ3v) is 1.59. The monoisotopic (exact) mass is 140 g/mol. The molecule has 10 heavy (non-hydrogen) atoms. The van der Waals surface area contributed by atoms with Crippen molar-refractivity contribution in [2.24, 2.45) is 5.11 Å². The molecule has 5 nitrogen and oxygen atoms in total. The summed E-state index contributed by atoms with van der Waals surface area (Å²) < 4.78 is 1.93. The van der Waals surface area contributed by atoms with Crippen molar-refractivity contribution in [2.45, 2.75) is 0 Å². The van der Waals surface area contributed by atoms with E-state index >= 15 is 0 Å². The van der Waals surface area contributed by atoms with Crippen LogP contribution in [0.1, 0.15) is 0 Å². The molecule has 0 unspecified atom stereocenters. The Kier molecular flexibility index (Phi) is 1.78. The Balaban J connectivity index is 2.87. The lowest BCUT2D eigenvalue weighted by molar-refractivity contribution is -0.487. The Labute approximate surface area is 59.2 Å². The number of hydrogen-bond acceptors (Lipinski definition) is 2. The molecule has 1 rings (SSSR count). The van der Waals surface area contributed by atoms with Crippen LogP contribution in [0.5, 0.6) is 0 Å². The molecule has 0 atom stereocenters. The quantitative estimate of drug-likeness (QED) is 0.206. The highest BCUT2D eigenvalue weighted by atomic mass is 15.4. The molecule has 0 aliphatic carbocycles. The van der Waals surface area contributed by atoms with Gasteiger partial charge in [-0.15, -0.1) is 0 Å². The molecule has 0 radical (unpaired) electrons. The molecule has 0 N–H and O–H groups in total. The van der Waals surface area contributed by atoms with Gasteiger partial charge in [0.25, 0.3) is 5.96 Å². The van der Waals surface area contributed by atoms with Crippen LogP contribution in [-0.2, 0) is 0 Å². The van der Waals surface area contributed by atoms with E-state index < -0.39 is 0 Å². The van der Waals surface area contributed by atoms with Crippen LogP contribution in [0.3, 0.4) is 0 Å². The van der Waals surface area contributed by atoms with Gasteiger partial charge in [-0.1, -0.05) is 0 Å². The number of rotatable bonds is 0. The topological polar surface area (TPSA) is 55.0 Å². The Bertz CT molecular complexity index is 212. The molecule has 1 aliphatic heterocycles. The first-order valence-electron chi connectivity index (χ1n) is 3.10. The third-order valence-electron chi connectivity index (χ3n) is 1.59. The molecule has 5 heteroatoms. The van der Waals surface area contributed by atoms with Gasteiger partial charge >= 0.3 is 0 Å². The zero-order valence-corrected chi connectivity index (χ0v) is 6.15. The first-order chi connectivity index (χ1) is 4.75. The molecule has 0 amide bonds. The van der Waals surface area contributed by atoms with Gasteiger partial charge in [-0.05, 0) is 5.53 Å². The minimum absolute atomic E-state index is 0.711. The smallest absolute Gasteiger partial charge is 0.282 e. The van der Waals surface area contributed by atoms with Gasteiger partial charge in [-0.25, -0.2) is 0 Å². The average Bonchev–Trinajstić information content (AvgIpc) is 2.20. The molecule has 0 saturated carbocycles. The van der Waals surface area contributed by atoms with Crippen LogP contribution in [0.25, 0.3) is 10.4 Å². The average molecular weight is 140 g/mol. The Morgan fingerprint density at radius 2 is 2.50 bits per heavy atom. The highest BCUT2D eigenvalue weighted by Crippen LogP contribution is 1.97. The first kappa shape index (κ1) is 6.89. The maximum absolute atomic E-state index is 8.15. The van der Waals surface area contributed by atoms with Crippen molar-refractivity contribution in [1.29, 1.82) is 0 Å². The zero-order valence-electron chi connectivity index (χ0n) is 6.15. The van der Waals surface area contributed by atoms with E-state index in [9.17, 15) is 0 Å². The molecular weight excluding hydrogens is 130 g/mol. The summed E-state index contributed by atoms with van der Waals surface area (Å²) in [6.45, 7) is 1.87. The Hall–Kier alpha value is -1.22. The molecule has 54 valence electrons. The molecule has 1 heterocycles. The van der Waals surface area contributed by atoms with Crippen LogP contribution in [0.15, 0.2) is 5.11 Å². The number of hydrogen-bond donors (Lipinski definition) is 0.